The van der Waals surface area contributed by atoms with Crippen LogP contribution in [0.3, 0.4) is 0 Å². The van der Waals surface area contributed by atoms with Gasteiger partial charge in [-0.1, -0.05) is 0 Å². The lowest BCUT2D eigenvalue weighted by Crippen LogP contribution is -2.43. The van der Waals surface area contributed by atoms with Gasteiger partial charge in [0, 0.05) is 0 Å². The Labute approximate surface area is 64.1 Å². The molecule has 0 bridgehead atoms. The van der Waals surface area contributed by atoms with Gasteiger partial charge in [-0.15, -0.1) is 20.2 Å². The molecule has 0 aromatic rings. The maximum Gasteiger partial charge on any atom is 0.387 e. The maximum atomic E-state index is 9.56. The van der Waals surface area contributed by atoms with Crippen molar-refractivity contribution in [2.75, 3.05) is 6.61 Å². The average molecular weight is 184 g/mol. The van der Waals surface area contributed by atoms with Gasteiger partial charge in [-0.25, -0.2) is 9.68 Å². The lowest BCUT2D eigenvalue weighted by atomic mass is 10.6. The van der Waals surface area contributed by atoms with E-state index in [2.05, 4.69) is 9.68 Å². The first-order valence-electron chi connectivity index (χ1n) is 2.40. The predicted octanol–water partition coefficient (Wildman–Crippen LogP) is -1.96. The van der Waals surface area contributed by atoms with E-state index in [1.54, 1.807) is 0 Å². The number of aliphatic hydroxyl groups is 2. The molecule has 0 saturated heterocycles. The molecular formula is C2H4N2O8. The van der Waals surface area contributed by atoms with E-state index in [-0.39, 0.29) is 0 Å². The lowest BCUT2D eigenvalue weighted by Gasteiger charge is -2.18. The zero-order valence-corrected chi connectivity index (χ0v) is 5.45. The Morgan fingerprint density at radius 3 is 1.75 bits per heavy atom. The second kappa shape index (κ2) is 3.64. The molecular weight excluding hydrogens is 180 g/mol. The molecule has 0 unspecified atom stereocenters. The monoisotopic (exact) mass is 184 g/mol. The topological polar surface area (TPSA) is 145 Å². The molecule has 0 saturated carbocycles. The van der Waals surface area contributed by atoms with Crippen LogP contribution in [-0.4, -0.2) is 33.0 Å². The van der Waals surface area contributed by atoms with Crippen molar-refractivity contribution < 1.29 is 30.1 Å². The molecule has 0 heterocycles. The Morgan fingerprint density at radius 1 is 1.25 bits per heavy atom. The van der Waals surface area contributed by atoms with Crippen molar-refractivity contribution in [1.82, 2.24) is 0 Å². The van der Waals surface area contributed by atoms with Gasteiger partial charge in [0.05, 0.1) is 0 Å². The zero-order chi connectivity index (χ0) is 9.78. The van der Waals surface area contributed by atoms with E-state index in [9.17, 15) is 20.2 Å². The van der Waals surface area contributed by atoms with Crippen LogP contribution in [0.25, 0.3) is 0 Å². The summed E-state index contributed by atoms with van der Waals surface area (Å²) in [6.07, 6.45) is 0. The SMILES string of the molecule is O=[N+]([O-])OC(O)(CO)O[N+](=O)[O-]. The number of nitrogens with zero attached hydrogens (tertiary/aromatic N) is 2. The molecule has 0 amide bonds. The molecule has 0 fully saturated rings. The van der Waals surface area contributed by atoms with Crippen LogP contribution < -0.4 is 0 Å². The molecule has 0 atom stereocenters. The first-order chi connectivity index (χ1) is 5.39. The van der Waals surface area contributed by atoms with E-state index in [4.69, 9.17) is 10.2 Å². The maximum absolute atomic E-state index is 9.56. The summed E-state index contributed by atoms with van der Waals surface area (Å²) in [5, 5.41) is 32.8. The van der Waals surface area contributed by atoms with Crippen LogP contribution >= 0.6 is 0 Å². The van der Waals surface area contributed by atoms with Crippen molar-refractivity contribution in [3.63, 3.8) is 0 Å². The Balaban J connectivity index is 4.23. The molecule has 12 heavy (non-hydrogen) atoms. The highest BCUT2D eigenvalue weighted by Gasteiger charge is 2.35. The summed E-state index contributed by atoms with van der Waals surface area (Å²) < 4.78 is 0. The van der Waals surface area contributed by atoms with E-state index < -0.39 is 22.8 Å². The summed E-state index contributed by atoms with van der Waals surface area (Å²) in [4.78, 5) is 25.7. The normalized spacial score (nSPS) is 10.5. The number of hydrogen-bond donors (Lipinski definition) is 2. The van der Waals surface area contributed by atoms with Gasteiger partial charge in [0.1, 0.15) is 6.61 Å². The summed E-state index contributed by atoms with van der Waals surface area (Å²) >= 11 is 0. The molecule has 0 aliphatic carbocycles. The molecule has 70 valence electrons. The minimum Gasteiger partial charge on any atom is -0.389 e. The lowest BCUT2D eigenvalue weighted by molar-refractivity contribution is -0.894. The summed E-state index contributed by atoms with van der Waals surface area (Å²) in [6.45, 7) is -1.45. The average Bonchev–Trinajstić information content (AvgIpc) is 1.83. The summed E-state index contributed by atoms with van der Waals surface area (Å²) in [5.41, 5.74) is 0. The van der Waals surface area contributed by atoms with Crippen molar-refractivity contribution in [2.24, 2.45) is 0 Å². The molecule has 0 aromatic heterocycles. The van der Waals surface area contributed by atoms with Gasteiger partial charge in [-0.05, 0) is 0 Å². The van der Waals surface area contributed by atoms with Gasteiger partial charge in [0.15, 0.2) is 0 Å². The van der Waals surface area contributed by atoms with Gasteiger partial charge in [-0.2, -0.15) is 0 Å². The van der Waals surface area contributed by atoms with Crippen LogP contribution in [0.15, 0.2) is 0 Å². The number of hydrogen-bond acceptors (Lipinski definition) is 8. The van der Waals surface area contributed by atoms with Crippen LogP contribution in [0.2, 0.25) is 0 Å². The van der Waals surface area contributed by atoms with E-state index in [1.807, 2.05) is 0 Å². The molecule has 0 aliphatic rings. The standard InChI is InChI=1S/C2H4N2O8/c5-1-2(6,11-3(7)8)12-4(9)10/h5-6H,1H2. The van der Waals surface area contributed by atoms with Crippen LogP contribution in [0, 0.1) is 20.2 Å². The smallest absolute Gasteiger partial charge is 0.387 e. The highest BCUT2D eigenvalue weighted by atomic mass is 17.1. The van der Waals surface area contributed by atoms with Crippen LogP contribution in [0.4, 0.5) is 0 Å². The van der Waals surface area contributed by atoms with E-state index in [1.165, 1.54) is 0 Å². The molecule has 0 rings (SSSR count). The largest absolute Gasteiger partial charge is 0.389 e. The van der Waals surface area contributed by atoms with E-state index >= 15 is 0 Å². The van der Waals surface area contributed by atoms with Crippen molar-refractivity contribution in [1.29, 1.82) is 0 Å². The van der Waals surface area contributed by atoms with Crippen molar-refractivity contribution >= 4 is 0 Å². The van der Waals surface area contributed by atoms with Gasteiger partial charge in [0.2, 0.25) is 0 Å². The molecule has 0 aliphatic heterocycles. The quantitative estimate of drug-likeness (QED) is 0.284. The Hall–Kier alpha value is -1.68. The second-order valence-electron chi connectivity index (χ2n) is 1.50. The van der Waals surface area contributed by atoms with E-state index in [0.717, 1.165) is 0 Å². The summed E-state index contributed by atoms with van der Waals surface area (Å²) in [5.74, 6) is -3.26. The first kappa shape index (κ1) is 10.3. The molecule has 2 N–H and O–H groups in total. The van der Waals surface area contributed by atoms with Crippen molar-refractivity contribution in [3.8, 4) is 0 Å². The van der Waals surface area contributed by atoms with Crippen LogP contribution in [0.1, 0.15) is 0 Å². The minimum atomic E-state index is -3.26. The van der Waals surface area contributed by atoms with Gasteiger partial charge in [0.25, 0.3) is 10.2 Å². The highest BCUT2D eigenvalue weighted by Crippen LogP contribution is 2.07. The summed E-state index contributed by atoms with van der Waals surface area (Å²) in [7, 11) is 0. The Bertz CT molecular complexity index is 173. The predicted molar refractivity (Wildman–Crippen MR) is 28.2 cm³/mol. The number of aliphatic hydroxyl groups excluding tert-OH is 1. The van der Waals surface area contributed by atoms with Crippen LogP contribution in [-0.2, 0) is 9.68 Å². The minimum absolute atomic E-state index is 1.45. The third kappa shape index (κ3) is 3.48. The molecule has 0 aromatic carbocycles. The molecule has 10 heteroatoms. The summed E-state index contributed by atoms with van der Waals surface area (Å²) in [6, 6.07) is 0. The molecule has 10 nitrogen and oxygen atoms in total. The highest BCUT2D eigenvalue weighted by molar-refractivity contribution is 4.41. The third-order valence-electron chi connectivity index (χ3n) is 0.634. The van der Waals surface area contributed by atoms with Gasteiger partial charge < -0.3 is 10.2 Å². The Morgan fingerprint density at radius 2 is 1.58 bits per heavy atom. The fraction of sp³-hybridized carbons (Fsp3) is 1.00. The van der Waals surface area contributed by atoms with E-state index in [0.29, 0.717) is 0 Å². The zero-order valence-electron chi connectivity index (χ0n) is 5.45. The fourth-order valence-corrected chi connectivity index (χ4v) is 0.307. The first-order valence-corrected chi connectivity index (χ1v) is 2.40. The molecule has 0 radical (unpaired) electrons. The second-order valence-corrected chi connectivity index (χ2v) is 1.50. The number of rotatable bonds is 5. The van der Waals surface area contributed by atoms with Crippen molar-refractivity contribution in [3.05, 3.63) is 20.2 Å². The third-order valence-corrected chi connectivity index (χ3v) is 0.634. The van der Waals surface area contributed by atoms with Gasteiger partial charge in [-0.3, -0.25) is 0 Å². The van der Waals surface area contributed by atoms with Crippen LogP contribution in [0.5, 0.6) is 0 Å². The fourth-order valence-electron chi connectivity index (χ4n) is 0.307. The molecule has 0 spiro atoms. The van der Waals surface area contributed by atoms with Crippen molar-refractivity contribution in [2.45, 2.75) is 5.97 Å². The Kier molecular flexibility index (Phi) is 3.13. The van der Waals surface area contributed by atoms with Gasteiger partial charge >= 0.3 is 5.97 Å².